The third-order valence-corrected chi connectivity index (χ3v) is 4.22. The number of benzene rings is 1. The number of hydrogen-bond donors (Lipinski definition) is 2. The van der Waals surface area contributed by atoms with E-state index in [1.54, 1.807) is 41.8 Å². The van der Waals surface area contributed by atoms with Crippen molar-refractivity contribution in [2.24, 2.45) is 0 Å². The maximum absolute atomic E-state index is 12.0. The molecule has 0 saturated carbocycles. The zero-order valence-electron chi connectivity index (χ0n) is 13.3. The van der Waals surface area contributed by atoms with Crippen LogP contribution in [0.4, 0.5) is 0 Å². The molecule has 2 aromatic heterocycles. The SMILES string of the molecule is O=C(NNC(=O)c1csc(COc2ccc(Cl)cc2)n1)c1ccccn1. The Hall–Kier alpha value is -2.97. The second kappa shape index (κ2) is 8.41. The van der Waals surface area contributed by atoms with Crippen molar-refractivity contribution in [1.82, 2.24) is 20.8 Å². The van der Waals surface area contributed by atoms with Crippen molar-refractivity contribution in [3.8, 4) is 5.75 Å². The highest BCUT2D eigenvalue weighted by atomic mass is 35.5. The van der Waals surface area contributed by atoms with E-state index in [4.69, 9.17) is 16.3 Å². The topological polar surface area (TPSA) is 93.2 Å². The smallest absolute Gasteiger partial charge is 0.289 e. The standard InChI is InChI=1S/C17H13ClN4O3S/c18-11-4-6-12(7-5-11)25-9-15-20-14(10-26-15)17(24)22-21-16(23)13-3-1-2-8-19-13/h1-8,10H,9H2,(H,21,23)(H,22,24). The third kappa shape index (κ3) is 4.78. The van der Waals surface area contributed by atoms with Crippen LogP contribution in [-0.2, 0) is 6.61 Å². The lowest BCUT2D eigenvalue weighted by Gasteiger charge is -2.05. The number of hydrazine groups is 1. The van der Waals surface area contributed by atoms with Gasteiger partial charge in [0.15, 0.2) is 0 Å². The molecule has 0 saturated heterocycles. The Morgan fingerprint density at radius 1 is 1.04 bits per heavy atom. The van der Waals surface area contributed by atoms with Crippen molar-refractivity contribution in [1.29, 1.82) is 0 Å². The van der Waals surface area contributed by atoms with Gasteiger partial charge in [-0.25, -0.2) is 4.98 Å². The molecule has 0 aliphatic heterocycles. The number of ether oxygens (including phenoxy) is 1. The van der Waals surface area contributed by atoms with Gasteiger partial charge < -0.3 is 4.74 Å². The zero-order chi connectivity index (χ0) is 18.4. The van der Waals surface area contributed by atoms with Crippen LogP contribution < -0.4 is 15.6 Å². The predicted octanol–water partition coefficient (Wildman–Crippen LogP) is 2.85. The summed E-state index contributed by atoms with van der Waals surface area (Å²) >= 11 is 7.10. The van der Waals surface area contributed by atoms with E-state index in [-0.39, 0.29) is 18.0 Å². The molecule has 0 unspecified atom stereocenters. The first kappa shape index (κ1) is 17.8. The molecule has 3 aromatic rings. The normalized spacial score (nSPS) is 10.2. The number of carbonyl (C=O) groups is 2. The Labute approximate surface area is 158 Å². The fourth-order valence-corrected chi connectivity index (χ4v) is 2.71. The predicted molar refractivity (Wildman–Crippen MR) is 97.1 cm³/mol. The second-order valence-electron chi connectivity index (χ2n) is 4.99. The van der Waals surface area contributed by atoms with Gasteiger partial charge in [0.25, 0.3) is 11.8 Å². The van der Waals surface area contributed by atoms with Gasteiger partial charge >= 0.3 is 0 Å². The van der Waals surface area contributed by atoms with Crippen LogP contribution in [0.3, 0.4) is 0 Å². The van der Waals surface area contributed by atoms with Crippen LogP contribution >= 0.6 is 22.9 Å². The molecular weight excluding hydrogens is 376 g/mol. The Balaban J connectivity index is 1.51. The summed E-state index contributed by atoms with van der Waals surface area (Å²) in [6.45, 7) is 0.222. The van der Waals surface area contributed by atoms with Crippen LogP contribution in [0, 0.1) is 0 Å². The van der Waals surface area contributed by atoms with E-state index < -0.39 is 11.8 Å². The van der Waals surface area contributed by atoms with E-state index in [1.807, 2.05) is 0 Å². The van der Waals surface area contributed by atoms with Crippen molar-refractivity contribution in [3.05, 3.63) is 75.5 Å². The summed E-state index contributed by atoms with van der Waals surface area (Å²) in [6, 6.07) is 11.9. The molecule has 0 aliphatic carbocycles. The molecule has 0 bridgehead atoms. The van der Waals surface area contributed by atoms with E-state index >= 15 is 0 Å². The number of rotatable bonds is 5. The minimum absolute atomic E-state index is 0.186. The summed E-state index contributed by atoms with van der Waals surface area (Å²) < 4.78 is 5.58. The molecule has 26 heavy (non-hydrogen) atoms. The molecule has 3 rings (SSSR count). The number of pyridine rings is 1. The second-order valence-corrected chi connectivity index (χ2v) is 6.37. The van der Waals surface area contributed by atoms with Gasteiger partial charge in [-0.2, -0.15) is 0 Å². The highest BCUT2D eigenvalue weighted by Crippen LogP contribution is 2.18. The van der Waals surface area contributed by atoms with Gasteiger partial charge in [-0.3, -0.25) is 25.4 Å². The molecule has 1 aromatic carbocycles. The van der Waals surface area contributed by atoms with Crippen LogP contribution in [0.1, 0.15) is 26.0 Å². The number of nitrogens with one attached hydrogen (secondary N) is 2. The van der Waals surface area contributed by atoms with E-state index in [0.29, 0.717) is 15.8 Å². The molecule has 0 radical (unpaired) electrons. The number of halogens is 1. The Morgan fingerprint density at radius 2 is 1.77 bits per heavy atom. The minimum Gasteiger partial charge on any atom is -0.486 e. The first-order valence-corrected chi connectivity index (χ1v) is 8.72. The highest BCUT2D eigenvalue weighted by molar-refractivity contribution is 7.09. The lowest BCUT2D eigenvalue weighted by atomic mass is 10.3. The molecule has 2 amide bonds. The quantitative estimate of drug-likeness (QED) is 0.655. The van der Waals surface area contributed by atoms with E-state index in [9.17, 15) is 9.59 Å². The van der Waals surface area contributed by atoms with Crippen LogP contribution in [0.2, 0.25) is 5.02 Å². The molecule has 7 nitrogen and oxygen atoms in total. The van der Waals surface area contributed by atoms with Gasteiger partial charge in [-0.05, 0) is 36.4 Å². The number of amides is 2. The first-order valence-electron chi connectivity index (χ1n) is 7.46. The average Bonchev–Trinajstić information content (AvgIpc) is 3.15. The molecule has 0 fully saturated rings. The number of thiazole rings is 1. The number of carbonyl (C=O) groups excluding carboxylic acids is 2. The van der Waals surface area contributed by atoms with Gasteiger partial charge in [-0.15, -0.1) is 11.3 Å². The summed E-state index contributed by atoms with van der Waals surface area (Å²) in [5.74, 6) is -0.387. The summed E-state index contributed by atoms with van der Waals surface area (Å²) in [7, 11) is 0. The Morgan fingerprint density at radius 3 is 2.46 bits per heavy atom. The van der Waals surface area contributed by atoms with Crippen LogP contribution in [0.15, 0.2) is 54.0 Å². The maximum atomic E-state index is 12.0. The lowest BCUT2D eigenvalue weighted by Crippen LogP contribution is -2.42. The lowest BCUT2D eigenvalue weighted by molar-refractivity contribution is 0.0841. The van der Waals surface area contributed by atoms with Crippen molar-refractivity contribution >= 4 is 34.8 Å². The summed E-state index contributed by atoms with van der Waals surface area (Å²) in [5, 5.41) is 2.84. The van der Waals surface area contributed by atoms with E-state index in [0.717, 1.165) is 0 Å². The van der Waals surface area contributed by atoms with Crippen molar-refractivity contribution in [2.75, 3.05) is 0 Å². The van der Waals surface area contributed by atoms with Crippen molar-refractivity contribution in [3.63, 3.8) is 0 Å². The number of hydrogen-bond acceptors (Lipinski definition) is 6. The van der Waals surface area contributed by atoms with Gasteiger partial charge in [0.05, 0.1) is 0 Å². The molecule has 0 aliphatic rings. The summed E-state index contributed by atoms with van der Waals surface area (Å²) in [5.41, 5.74) is 4.97. The van der Waals surface area contributed by atoms with Gasteiger partial charge in [0.2, 0.25) is 0 Å². The maximum Gasteiger partial charge on any atom is 0.289 e. The van der Waals surface area contributed by atoms with Gasteiger partial charge in [0, 0.05) is 16.6 Å². The monoisotopic (exact) mass is 388 g/mol. The van der Waals surface area contributed by atoms with E-state index in [2.05, 4.69) is 20.8 Å². The molecular formula is C17H13ClN4O3S. The largest absolute Gasteiger partial charge is 0.486 e. The van der Waals surface area contributed by atoms with Crippen LogP contribution in [0.25, 0.3) is 0 Å². The summed E-state index contributed by atoms with van der Waals surface area (Å²) in [6.07, 6.45) is 1.49. The molecule has 2 heterocycles. The molecule has 9 heteroatoms. The van der Waals surface area contributed by atoms with Gasteiger partial charge in [-0.1, -0.05) is 17.7 Å². The van der Waals surface area contributed by atoms with Crippen LogP contribution in [0.5, 0.6) is 5.75 Å². The highest BCUT2D eigenvalue weighted by Gasteiger charge is 2.13. The van der Waals surface area contributed by atoms with E-state index in [1.165, 1.54) is 23.6 Å². The van der Waals surface area contributed by atoms with Gasteiger partial charge in [0.1, 0.15) is 28.8 Å². The molecule has 0 spiro atoms. The first-order chi connectivity index (χ1) is 12.6. The zero-order valence-corrected chi connectivity index (χ0v) is 14.9. The molecule has 2 N–H and O–H groups in total. The summed E-state index contributed by atoms with van der Waals surface area (Å²) in [4.78, 5) is 32.0. The third-order valence-electron chi connectivity index (χ3n) is 3.15. The number of nitrogens with zero attached hydrogens (tertiary/aromatic N) is 2. The average molecular weight is 389 g/mol. The minimum atomic E-state index is -0.525. The number of aromatic nitrogens is 2. The van der Waals surface area contributed by atoms with Crippen molar-refractivity contribution < 1.29 is 14.3 Å². The fraction of sp³-hybridized carbons (Fsp3) is 0.0588. The Kier molecular flexibility index (Phi) is 5.77. The van der Waals surface area contributed by atoms with Crippen LogP contribution in [-0.4, -0.2) is 21.8 Å². The Bertz CT molecular complexity index is 900. The fourth-order valence-electron chi connectivity index (χ4n) is 1.90. The molecule has 132 valence electrons. The molecule has 0 atom stereocenters. The van der Waals surface area contributed by atoms with Crippen molar-refractivity contribution in [2.45, 2.75) is 6.61 Å².